The molecule has 1 aliphatic carbocycles. The molecule has 1 unspecified atom stereocenters. The Morgan fingerprint density at radius 3 is 2.52 bits per heavy atom. The number of carbonyl (C=O) groups excluding carboxylic acids is 2. The molecule has 2 aromatic carbocycles. The molecule has 2 N–H and O–H groups in total. The number of fused-ring (bicyclic) bond motifs is 1. The number of hydrogen-bond acceptors (Lipinski definition) is 4. The largest absolute Gasteiger partial charge is 0.326 e. The van der Waals surface area contributed by atoms with Crippen LogP contribution in [0.5, 0.6) is 0 Å². The van der Waals surface area contributed by atoms with Crippen LogP contribution < -0.4 is 10.6 Å². The average Bonchev–Trinajstić information content (AvgIpc) is 3.12. The van der Waals surface area contributed by atoms with Gasteiger partial charge in [-0.25, -0.2) is 4.98 Å². The molecule has 1 aliphatic rings. The molecule has 0 spiro atoms. The normalized spacial score (nSPS) is 15.4. The van der Waals surface area contributed by atoms with E-state index in [4.69, 9.17) is 11.6 Å². The lowest BCUT2D eigenvalue weighted by Crippen LogP contribution is -2.24. The minimum absolute atomic E-state index is 0.0880. The maximum absolute atomic E-state index is 12.8. The first-order valence-corrected chi connectivity index (χ1v) is 10.6. The number of nitrogens with zero attached hydrogens (tertiary/aromatic N) is 1. The summed E-state index contributed by atoms with van der Waals surface area (Å²) in [5, 5.41) is 6.97. The lowest BCUT2D eigenvalue weighted by atomic mass is 9.90. The molecule has 2 amide bonds. The Morgan fingerprint density at radius 2 is 1.79 bits per heavy atom. The van der Waals surface area contributed by atoms with Gasteiger partial charge in [0.25, 0.3) is 5.91 Å². The van der Waals surface area contributed by atoms with E-state index >= 15 is 0 Å². The molecule has 0 bridgehead atoms. The van der Waals surface area contributed by atoms with Gasteiger partial charge in [0.15, 0.2) is 5.13 Å². The van der Waals surface area contributed by atoms with E-state index in [-0.39, 0.29) is 17.7 Å². The Kier molecular flexibility index (Phi) is 5.65. The molecule has 1 heterocycles. The third kappa shape index (κ3) is 4.49. The fourth-order valence-electron chi connectivity index (χ4n) is 3.36. The van der Waals surface area contributed by atoms with Gasteiger partial charge in [0.05, 0.1) is 11.6 Å². The van der Waals surface area contributed by atoms with E-state index < -0.39 is 0 Å². The smallest absolute Gasteiger partial charge is 0.257 e. The number of rotatable bonds is 4. The molecule has 1 atom stereocenters. The topological polar surface area (TPSA) is 71.1 Å². The molecule has 7 heteroatoms. The van der Waals surface area contributed by atoms with Gasteiger partial charge in [-0.3, -0.25) is 14.9 Å². The van der Waals surface area contributed by atoms with E-state index in [9.17, 15) is 9.59 Å². The van der Waals surface area contributed by atoms with Crippen molar-refractivity contribution in [2.24, 2.45) is 0 Å². The molecule has 0 saturated carbocycles. The van der Waals surface area contributed by atoms with Crippen LogP contribution in [0, 0.1) is 6.92 Å². The molecule has 0 aliphatic heterocycles. The van der Waals surface area contributed by atoms with Crippen LogP contribution in [0.3, 0.4) is 0 Å². The highest BCUT2D eigenvalue weighted by Crippen LogP contribution is 2.37. The van der Waals surface area contributed by atoms with Crippen LogP contribution in [0.15, 0.2) is 48.5 Å². The zero-order valence-corrected chi connectivity index (χ0v) is 17.4. The summed E-state index contributed by atoms with van der Waals surface area (Å²) in [6.07, 6.45) is 2.53. The highest BCUT2D eigenvalue weighted by atomic mass is 35.5. The van der Waals surface area contributed by atoms with Crippen molar-refractivity contribution in [1.29, 1.82) is 0 Å². The van der Waals surface area contributed by atoms with E-state index in [0.29, 0.717) is 21.4 Å². The van der Waals surface area contributed by atoms with Crippen molar-refractivity contribution in [2.45, 2.75) is 32.1 Å². The minimum atomic E-state index is -0.323. The molecule has 0 saturated heterocycles. The number of anilines is 2. The quantitative estimate of drug-likeness (QED) is 0.586. The van der Waals surface area contributed by atoms with Gasteiger partial charge in [-0.1, -0.05) is 29.3 Å². The molecule has 3 aromatic rings. The van der Waals surface area contributed by atoms with Crippen molar-refractivity contribution < 1.29 is 9.59 Å². The molecule has 4 rings (SSSR count). The van der Waals surface area contributed by atoms with Crippen LogP contribution in [-0.4, -0.2) is 16.8 Å². The highest BCUT2D eigenvalue weighted by Gasteiger charge is 2.30. The second-order valence-electron chi connectivity index (χ2n) is 7.09. The average molecular weight is 426 g/mol. The van der Waals surface area contributed by atoms with E-state index in [1.807, 2.05) is 19.1 Å². The number of amides is 2. The molecule has 0 fully saturated rings. The first-order valence-electron chi connectivity index (χ1n) is 9.43. The molecular weight excluding hydrogens is 406 g/mol. The zero-order valence-electron chi connectivity index (χ0n) is 15.9. The Bertz CT molecular complexity index is 1040. The highest BCUT2D eigenvalue weighted by molar-refractivity contribution is 7.16. The number of thiazole rings is 1. The van der Waals surface area contributed by atoms with Crippen LogP contribution in [-0.2, 0) is 11.2 Å². The van der Waals surface area contributed by atoms with Crippen LogP contribution >= 0.6 is 22.9 Å². The second-order valence-corrected chi connectivity index (χ2v) is 8.61. The second kappa shape index (κ2) is 8.35. The predicted molar refractivity (Wildman–Crippen MR) is 117 cm³/mol. The third-order valence-corrected chi connectivity index (χ3v) is 6.22. The first-order chi connectivity index (χ1) is 14.0. The Labute approximate surface area is 178 Å². The summed E-state index contributed by atoms with van der Waals surface area (Å²) < 4.78 is 0. The van der Waals surface area contributed by atoms with Gasteiger partial charge in [-0.15, -0.1) is 11.3 Å². The fraction of sp³-hybridized carbons (Fsp3) is 0.227. The molecule has 0 radical (unpaired) electrons. The Morgan fingerprint density at radius 1 is 1.07 bits per heavy atom. The molecule has 29 heavy (non-hydrogen) atoms. The van der Waals surface area contributed by atoms with Crippen molar-refractivity contribution in [3.05, 3.63) is 75.3 Å². The molecular formula is C22H20ClN3O2S. The van der Waals surface area contributed by atoms with Crippen molar-refractivity contribution in [3.8, 4) is 0 Å². The lowest BCUT2D eigenvalue weighted by Gasteiger charge is -2.20. The number of nitrogens with one attached hydrogen (secondary N) is 2. The molecule has 1 aromatic heterocycles. The number of halogens is 1. The Balaban J connectivity index is 1.49. The van der Waals surface area contributed by atoms with Gasteiger partial charge in [0.1, 0.15) is 0 Å². The van der Waals surface area contributed by atoms with Gasteiger partial charge < -0.3 is 5.32 Å². The van der Waals surface area contributed by atoms with Crippen LogP contribution in [0.4, 0.5) is 10.8 Å². The summed E-state index contributed by atoms with van der Waals surface area (Å²) in [6.45, 7) is 1.98. The van der Waals surface area contributed by atoms with Crippen molar-refractivity contribution in [1.82, 2.24) is 4.98 Å². The summed E-state index contributed by atoms with van der Waals surface area (Å²) in [5.74, 6) is -0.607. The summed E-state index contributed by atoms with van der Waals surface area (Å²) in [6, 6.07) is 14.4. The van der Waals surface area contributed by atoms with Gasteiger partial charge >= 0.3 is 0 Å². The maximum atomic E-state index is 12.8. The number of hydrogen-bond donors (Lipinski definition) is 2. The first kappa shape index (κ1) is 19.6. The van der Waals surface area contributed by atoms with Crippen molar-refractivity contribution >= 4 is 45.6 Å². The van der Waals surface area contributed by atoms with E-state index in [1.54, 1.807) is 36.4 Å². The van der Waals surface area contributed by atoms with E-state index in [1.165, 1.54) is 11.3 Å². The van der Waals surface area contributed by atoms with Gasteiger partial charge in [0, 0.05) is 21.2 Å². The summed E-state index contributed by atoms with van der Waals surface area (Å²) >= 11 is 7.35. The van der Waals surface area contributed by atoms with Gasteiger partial charge in [0.2, 0.25) is 5.91 Å². The number of carbonyl (C=O) groups is 2. The predicted octanol–water partition coefficient (Wildman–Crippen LogP) is 5.42. The number of benzene rings is 2. The number of aromatic nitrogens is 1. The maximum Gasteiger partial charge on any atom is 0.257 e. The zero-order chi connectivity index (χ0) is 20.4. The Hall–Kier alpha value is -2.70. The lowest BCUT2D eigenvalue weighted by molar-refractivity contribution is -0.117. The van der Waals surface area contributed by atoms with Crippen LogP contribution in [0.2, 0.25) is 5.02 Å². The van der Waals surface area contributed by atoms with Crippen molar-refractivity contribution in [3.63, 3.8) is 0 Å². The van der Waals surface area contributed by atoms with Gasteiger partial charge in [-0.2, -0.15) is 0 Å². The molecule has 148 valence electrons. The van der Waals surface area contributed by atoms with Crippen LogP contribution in [0.25, 0.3) is 0 Å². The SMILES string of the molecule is Cc1ccc(C(=O)Nc2nc3c(s2)CCCC3C(=O)Nc2ccc(Cl)cc2)cc1. The minimum Gasteiger partial charge on any atom is -0.326 e. The van der Waals surface area contributed by atoms with Crippen LogP contribution in [0.1, 0.15) is 45.3 Å². The third-order valence-electron chi connectivity index (χ3n) is 4.92. The summed E-state index contributed by atoms with van der Waals surface area (Å²) in [7, 11) is 0. The monoisotopic (exact) mass is 425 g/mol. The number of aryl methyl sites for hydroxylation is 2. The summed E-state index contributed by atoms with van der Waals surface area (Å²) in [4.78, 5) is 31.0. The molecule has 5 nitrogen and oxygen atoms in total. The van der Waals surface area contributed by atoms with E-state index in [2.05, 4.69) is 15.6 Å². The van der Waals surface area contributed by atoms with E-state index in [0.717, 1.165) is 35.4 Å². The fourth-order valence-corrected chi connectivity index (χ4v) is 4.55. The van der Waals surface area contributed by atoms with Crippen molar-refractivity contribution in [2.75, 3.05) is 10.6 Å². The summed E-state index contributed by atoms with van der Waals surface area (Å²) in [5.41, 5.74) is 3.16. The standard InChI is InChI=1S/C22H20ClN3O2S/c1-13-5-7-14(8-6-13)20(27)26-22-25-19-17(3-2-4-18(19)29-22)21(28)24-16-11-9-15(23)10-12-16/h5-12,17H,2-4H2,1H3,(H,24,28)(H,25,26,27). The van der Waals surface area contributed by atoms with Gasteiger partial charge in [-0.05, 0) is 62.6 Å².